The van der Waals surface area contributed by atoms with E-state index in [1.165, 1.54) is 6.33 Å². The first-order valence-corrected chi connectivity index (χ1v) is 7.10. The van der Waals surface area contributed by atoms with Gasteiger partial charge < -0.3 is 14.6 Å². The second-order valence-corrected chi connectivity index (χ2v) is 6.36. The number of rotatable bonds is 7. The lowest BCUT2D eigenvalue weighted by atomic mass is 9.64. The number of hydrogen-bond donors (Lipinski definition) is 1. The van der Waals surface area contributed by atoms with Crippen molar-refractivity contribution in [2.45, 2.75) is 52.7 Å². The van der Waals surface area contributed by atoms with Crippen LogP contribution in [-0.2, 0) is 11.2 Å². The summed E-state index contributed by atoms with van der Waals surface area (Å²) in [7, 11) is 0. The molecule has 0 spiro atoms. The molecule has 2 unspecified atom stereocenters. The highest BCUT2D eigenvalue weighted by Gasteiger charge is 2.48. The minimum absolute atomic E-state index is 0.198. The number of nitrogens with zero attached hydrogens (tertiary/aromatic N) is 2. The van der Waals surface area contributed by atoms with Crippen molar-refractivity contribution in [3.05, 3.63) is 12.2 Å². The van der Waals surface area contributed by atoms with E-state index >= 15 is 0 Å². The predicted molar refractivity (Wildman–Crippen MR) is 72.8 cm³/mol. The molecule has 0 radical (unpaired) electrons. The van der Waals surface area contributed by atoms with Gasteiger partial charge >= 0.3 is 0 Å². The van der Waals surface area contributed by atoms with Crippen molar-refractivity contribution in [1.82, 2.24) is 15.5 Å². The summed E-state index contributed by atoms with van der Waals surface area (Å²) in [5.41, 5.74) is 0.198. The lowest BCUT2D eigenvalue weighted by Crippen LogP contribution is -2.61. The second-order valence-electron chi connectivity index (χ2n) is 6.36. The first-order valence-electron chi connectivity index (χ1n) is 7.10. The fraction of sp³-hybridized carbons (Fsp3) is 0.857. The Morgan fingerprint density at radius 3 is 2.89 bits per heavy atom. The van der Waals surface area contributed by atoms with E-state index in [0.29, 0.717) is 24.0 Å². The van der Waals surface area contributed by atoms with Gasteiger partial charge in [-0.15, -0.1) is 0 Å². The zero-order valence-corrected chi connectivity index (χ0v) is 12.3. The molecule has 0 amide bonds. The topological polar surface area (TPSA) is 60.2 Å². The van der Waals surface area contributed by atoms with Crippen LogP contribution >= 0.6 is 0 Å². The van der Waals surface area contributed by atoms with Crippen LogP contribution in [-0.4, -0.2) is 35.4 Å². The molecule has 1 aliphatic rings. The predicted octanol–water partition coefficient (Wildman–Crippen LogP) is 2.04. The summed E-state index contributed by atoms with van der Waals surface area (Å²) in [6.07, 6.45) is 3.68. The summed E-state index contributed by atoms with van der Waals surface area (Å²) in [5, 5.41) is 7.16. The lowest BCUT2D eigenvalue weighted by molar-refractivity contribution is -0.123. The van der Waals surface area contributed by atoms with Crippen LogP contribution in [0.4, 0.5) is 0 Å². The number of hydrogen-bond acceptors (Lipinski definition) is 5. The van der Waals surface area contributed by atoms with E-state index in [2.05, 4.69) is 43.2 Å². The van der Waals surface area contributed by atoms with Gasteiger partial charge in [0.05, 0.1) is 6.10 Å². The lowest BCUT2D eigenvalue weighted by Gasteiger charge is -2.52. The molecule has 0 aliphatic heterocycles. The molecule has 108 valence electrons. The average molecular weight is 267 g/mol. The molecule has 2 atom stereocenters. The molecule has 0 saturated heterocycles. The third-order valence-electron chi connectivity index (χ3n) is 3.95. The summed E-state index contributed by atoms with van der Waals surface area (Å²) in [5.74, 6) is 1.29. The molecule has 2 rings (SSSR count). The second kappa shape index (κ2) is 6.01. The van der Waals surface area contributed by atoms with Crippen molar-refractivity contribution in [2.24, 2.45) is 11.3 Å². The van der Waals surface area contributed by atoms with E-state index in [4.69, 9.17) is 9.26 Å². The maximum absolute atomic E-state index is 5.96. The van der Waals surface area contributed by atoms with E-state index in [9.17, 15) is 0 Å². The zero-order chi connectivity index (χ0) is 13.9. The number of nitrogens with one attached hydrogen (secondary N) is 1. The molecule has 19 heavy (non-hydrogen) atoms. The molecule has 5 heteroatoms. The quantitative estimate of drug-likeness (QED) is 0.819. The van der Waals surface area contributed by atoms with Crippen molar-refractivity contribution in [3.63, 3.8) is 0 Å². The summed E-state index contributed by atoms with van der Waals surface area (Å²) in [4.78, 5) is 4.01. The Kier molecular flexibility index (Phi) is 4.58. The van der Waals surface area contributed by atoms with E-state index in [-0.39, 0.29) is 5.41 Å². The van der Waals surface area contributed by atoms with Crippen LogP contribution in [0.25, 0.3) is 0 Å². The molecule has 1 aliphatic carbocycles. The Bertz CT molecular complexity index is 376. The standard InChI is InChI=1S/C14H25N3O2/c1-10(2)8-18-12-7-11(14(12,3)4)15-6-5-13-16-9-17-19-13/h9-12,15H,5-8H2,1-4H3. The highest BCUT2D eigenvalue weighted by Crippen LogP contribution is 2.42. The van der Waals surface area contributed by atoms with Crippen LogP contribution in [0.5, 0.6) is 0 Å². The molecule has 1 N–H and O–H groups in total. The Balaban J connectivity index is 1.69. The van der Waals surface area contributed by atoms with Crippen LogP contribution in [0.1, 0.15) is 40.0 Å². The molecule has 1 heterocycles. The highest BCUT2D eigenvalue weighted by atomic mass is 16.5. The molecule has 1 saturated carbocycles. The Labute approximate surface area is 115 Å². The molecule has 1 aromatic heterocycles. The first kappa shape index (κ1) is 14.5. The van der Waals surface area contributed by atoms with Crippen LogP contribution < -0.4 is 5.32 Å². The minimum Gasteiger partial charge on any atom is -0.377 e. The molecule has 1 fully saturated rings. The van der Waals surface area contributed by atoms with Crippen molar-refractivity contribution in [3.8, 4) is 0 Å². The van der Waals surface area contributed by atoms with Gasteiger partial charge in [-0.05, 0) is 12.3 Å². The van der Waals surface area contributed by atoms with Crippen molar-refractivity contribution in [1.29, 1.82) is 0 Å². The van der Waals surface area contributed by atoms with Crippen molar-refractivity contribution < 1.29 is 9.26 Å². The Morgan fingerprint density at radius 1 is 1.53 bits per heavy atom. The summed E-state index contributed by atoms with van der Waals surface area (Å²) < 4.78 is 10.9. The van der Waals surface area contributed by atoms with Gasteiger partial charge in [-0.1, -0.05) is 32.9 Å². The fourth-order valence-corrected chi connectivity index (χ4v) is 2.48. The maximum Gasteiger partial charge on any atom is 0.227 e. The number of aromatic nitrogens is 2. The van der Waals surface area contributed by atoms with Gasteiger partial charge in [0.2, 0.25) is 5.89 Å². The molecule has 0 aromatic carbocycles. The SMILES string of the molecule is CC(C)COC1CC(NCCc2ncno2)C1(C)C. The number of ether oxygens (including phenoxy) is 1. The van der Waals surface area contributed by atoms with E-state index in [1.807, 2.05) is 0 Å². The van der Waals surface area contributed by atoms with Crippen LogP contribution in [0.3, 0.4) is 0 Å². The van der Waals surface area contributed by atoms with Gasteiger partial charge in [0, 0.05) is 31.0 Å². The monoisotopic (exact) mass is 267 g/mol. The Morgan fingerprint density at radius 2 is 2.32 bits per heavy atom. The van der Waals surface area contributed by atoms with Crippen LogP contribution in [0.15, 0.2) is 10.9 Å². The third-order valence-corrected chi connectivity index (χ3v) is 3.95. The normalized spacial score (nSPS) is 25.5. The average Bonchev–Trinajstić information content (AvgIpc) is 2.84. The van der Waals surface area contributed by atoms with Crippen LogP contribution in [0, 0.1) is 11.3 Å². The van der Waals surface area contributed by atoms with Crippen LogP contribution in [0.2, 0.25) is 0 Å². The molecule has 0 bridgehead atoms. The van der Waals surface area contributed by atoms with Crippen molar-refractivity contribution >= 4 is 0 Å². The Hall–Kier alpha value is -0.940. The first-order chi connectivity index (χ1) is 9.00. The summed E-state index contributed by atoms with van der Waals surface area (Å²) in [6, 6.07) is 0.507. The molecule has 5 nitrogen and oxygen atoms in total. The maximum atomic E-state index is 5.96. The van der Waals surface area contributed by atoms with Gasteiger partial charge in [-0.25, -0.2) is 0 Å². The highest BCUT2D eigenvalue weighted by molar-refractivity contribution is 5.03. The van der Waals surface area contributed by atoms with E-state index < -0.39 is 0 Å². The van der Waals surface area contributed by atoms with Crippen molar-refractivity contribution in [2.75, 3.05) is 13.2 Å². The molecular formula is C14H25N3O2. The van der Waals surface area contributed by atoms with E-state index in [1.54, 1.807) is 0 Å². The van der Waals surface area contributed by atoms with E-state index in [0.717, 1.165) is 26.0 Å². The summed E-state index contributed by atoms with van der Waals surface area (Å²) in [6.45, 7) is 10.6. The smallest absolute Gasteiger partial charge is 0.227 e. The zero-order valence-electron chi connectivity index (χ0n) is 12.3. The van der Waals surface area contributed by atoms with Gasteiger partial charge in [0.25, 0.3) is 0 Å². The third kappa shape index (κ3) is 3.54. The molecule has 1 aromatic rings. The fourth-order valence-electron chi connectivity index (χ4n) is 2.48. The molecular weight excluding hydrogens is 242 g/mol. The van der Waals surface area contributed by atoms with Gasteiger partial charge in [0.15, 0.2) is 6.33 Å². The minimum atomic E-state index is 0.198. The van der Waals surface area contributed by atoms with Gasteiger partial charge in [0.1, 0.15) is 0 Å². The van der Waals surface area contributed by atoms with Gasteiger partial charge in [-0.3, -0.25) is 0 Å². The van der Waals surface area contributed by atoms with Gasteiger partial charge in [-0.2, -0.15) is 4.98 Å². The largest absolute Gasteiger partial charge is 0.377 e. The summed E-state index contributed by atoms with van der Waals surface area (Å²) >= 11 is 0.